The molecule has 0 aliphatic heterocycles. The lowest BCUT2D eigenvalue weighted by Gasteiger charge is -2.11. The number of anilines is 1. The Morgan fingerprint density at radius 1 is 1.28 bits per heavy atom. The second-order valence-electron chi connectivity index (χ2n) is 4.03. The van der Waals surface area contributed by atoms with Crippen molar-refractivity contribution in [1.29, 1.82) is 0 Å². The highest BCUT2D eigenvalue weighted by Crippen LogP contribution is 2.24. The summed E-state index contributed by atoms with van der Waals surface area (Å²) in [4.78, 5) is 0. The fraction of sp³-hybridized carbons (Fsp3) is 0.143. The van der Waals surface area contributed by atoms with Gasteiger partial charge in [-0.3, -0.25) is 0 Å². The molecule has 2 aromatic rings. The second kappa shape index (κ2) is 5.72. The van der Waals surface area contributed by atoms with Crippen molar-refractivity contribution in [3.63, 3.8) is 0 Å². The fourth-order valence-corrected chi connectivity index (χ4v) is 2.24. The first kappa shape index (κ1) is 13.4. The number of hydrogen-bond donors (Lipinski definition) is 1. The van der Waals surface area contributed by atoms with Gasteiger partial charge in [0.2, 0.25) is 0 Å². The molecule has 0 aliphatic rings. The maximum atomic E-state index is 13.4. The quantitative estimate of drug-likeness (QED) is 0.820. The van der Waals surface area contributed by atoms with E-state index >= 15 is 0 Å². The standard InChI is InChI=1S/C14H12BrClFN/c1-9-5-6-11(16)7-13(9)18-8-10-3-2-4-12(17)14(10)15/h2-7,18H,8H2,1H3. The van der Waals surface area contributed by atoms with Crippen LogP contribution in [0.15, 0.2) is 40.9 Å². The molecule has 0 amide bonds. The van der Waals surface area contributed by atoms with Crippen molar-refractivity contribution in [2.75, 3.05) is 5.32 Å². The average molecular weight is 329 g/mol. The molecule has 18 heavy (non-hydrogen) atoms. The van der Waals surface area contributed by atoms with Crippen LogP contribution in [-0.4, -0.2) is 0 Å². The molecule has 4 heteroatoms. The molecule has 0 atom stereocenters. The van der Waals surface area contributed by atoms with Gasteiger partial charge in [0.25, 0.3) is 0 Å². The zero-order valence-electron chi connectivity index (χ0n) is 9.81. The summed E-state index contributed by atoms with van der Waals surface area (Å²) in [5, 5.41) is 3.94. The van der Waals surface area contributed by atoms with Gasteiger partial charge in [0, 0.05) is 17.3 Å². The van der Waals surface area contributed by atoms with Crippen LogP contribution in [0.4, 0.5) is 10.1 Å². The molecule has 2 rings (SSSR count). The molecular weight excluding hydrogens is 317 g/mol. The van der Waals surface area contributed by atoms with Crippen molar-refractivity contribution in [2.24, 2.45) is 0 Å². The van der Waals surface area contributed by atoms with Crippen LogP contribution in [0.3, 0.4) is 0 Å². The summed E-state index contributed by atoms with van der Waals surface area (Å²) in [6, 6.07) is 10.7. The Hall–Kier alpha value is -1.06. The molecule has 2 aromatic carbocycles. The minimum atomic E-state index is -0.253. The lowest BCUT2D eigenvalue weighted by Crippen LogP contribution is -2.02. The van der Waals surface area contributed by atoms with Gasteiger partial charge in [0.15, 0.2) is 0 Å². The van der Waals surface area contributed by atoms with E-state index in [2.05, 4.69) is 21.2 Å². The van der Waals surface area contributed by atoms with Crippen molar-refractivity contribution in [1.82, 2.24) is 0 Å². The molecule has 0 aromatic heterocycles. The molecule has 0 spiro atoms. The van der Waals surface area contributed by atoms with Crippen LogP contribution >= 0.6 is 27.5 Å². The van der Waals surface area contributed by atoms with Crippen molar-refractivity contribution in [3.05, 3.63) is 62.8 Å². The predicted octanol–water partition coefficient (Wildman–Crippen LogP) is 5.16. The van der Waals surface area contributed by atoms with Crippen LogP contribution < -0.4 is 5.32 Å². The van der Waals surface area contributed by atoms with E-state index in [4.69, 9.17) is 11.6 Å². The zero-order chi connectivity index (χ0) is 13.1. The first-order valence-electron chi connectivity index (χ1n) is 5.51. The van der Waals surface area contributed by atoms with Crippen molar-refractivity contribution in [2.45, 2.75) is 13.5 Å². The number of hydrogen-bond acceptors (Lipinski definition) is 1. The highest BCUT2D eigenvalue weighted by molar-refractivity contribution is 9.10. The third-order valence-corrected chi connectivity index (χ3v) is 3.82. The van der Waals surface area contributed by atoms with E-state index in [1.165, 1.54) is 6.07 Å². The first-order chi connectivity index (χ1) is 8.58. The van der Waals surface area contributed by atoms with E-state index in [-0.39, 0.29) is 5.82 Å². The third-order valence-electron chi connectivity index (χ3n) is 2.70. The Balaban J connectivity index is 2.16. The summed E-state index contributed by atoms with van der Waals surface area (Å²) in [6.07, 6.45) is 0. The molecule has 94 valence electrons. The molecule has 0 unspecified atom stereocenters. The lowest BCUT2D eigenvalue weighted by molar-refractivity contribution is 0.618. The summed E-state index contributed by atoms with van der Waals surface area (Å²) in [5.41, 5.74) is 2.93. The van der Waals surface area contributed by atoms with Gasteiger partial charge in [-0.2, -0.15) is 0 Å². The van der Waals surface area contributed by atoms with Gasteiger partial charge < -0.3 is 5.32 Å². The van der Waals surface area contributed by atoms with Crippen LogP contribution in [0.5, 0.6) is 0 Å². The summed E-state index contributed by atoms with van der Waals surface area (Å²) < 4.78 is 13.9. The number of halogens is 3. The summed E-state index contributed by atoms with van der Waals surface area (Å²) in [7, 11) is 0. The fourth-order valence-electron chi connectivity index (χ4n) is 1.66. The smallest absolute Gasteiger partial charge is 0.137 e. The van der Waals surface area contributed by atoms with E-state index in [0.717, 1.165) is 16.8 Å². The molecule has 0 saturated heterocycles. The molecule has 0 radical (unpaired) electrons. The molecule has 0 fully saturated rings. The van der Waals surface area contributed by atoms with Crippen LogP contribution in [0.1, 0.15) is 11.1 Å². The second-order valence-corrected chi connectivity index (χ2v) is 5.26. The number of nitrogens with one attached hydrogen (secondary N) is 1. The zero-order valence-corrected chi connectivity index (χ0v) is 12.1. The van der Waals surface area contributed by atoms with Crippen molar-refractivity contribution in [3.8, 4) is 0 Å². The number of benzene rings is 2. The monoisotopic (exact) mass is 327 g/mol. The SMILES string of the molecule is Cc1ccc(Cl)cc1NCc1cccc(F)c1Br. The maximum absolute atomic E-state index is 13.4. The normalized spacial score (nSPS) is 10.4. The Morgan fingerprint density at radius 3 is 2.83 bits per heavy atom. The van der Waals surface area contributed by atoms with Gasteiger partial charge >= 0.3 is 0 Å². The summed E-state index contributed by atoms with van der Waals surface area (Å²) in [6.45, 7) is 2.54. The Kier molecular flexibility index (Phi) is 4.25. The molecule has 0 saturated carbocycles. The lowest BCUT2D eigenvalue weighted by atomic mass is 10.1. The largest absolute Gasteiger partial charge is 0.381 e. The van der Waals surface area contributed by atoms with Gasteiger partial charge in [0.05, 0.1) is 4.47 Å². The van der Waals surface area contributed by atoms with Crippen LogP contribution in [-0.2, 0) is 6.54 Å². The Morgan fingerprint density at radius 2 is 2.06 bits per heavy atom. The van der Waals surface area contributed by atoms with E-state index in [1.54, 1.807) is 6.07 Å². The van der Waals surface area contributed by atoms with Crippen molar-refractivity contribution >= 4 is 33.2 Å². The molecule has 0 bridgehead atoms. The highest BCUT2D eigenvalue weighted by Gasteiger charge is 2.05. The molecule has 0 heterocycles. The Labute approximate surface area is 119 Å². The third kappa shape index (κ3) is 3.03. The average Bonchev–Trinajstić information content (AvgIpc) is 2.35. The topological polar surface area (TPSA) is 12.0 Å². The summed E-state index contributed by atoms with van der Waals surface area (Å²) in [5.74, 6) is -0.253. The van der Waals surface area contributed by atoms with Gasteiger partial charge in [-0.05, 0) is 52.2 Å². The van der Waals surface area contributed by atoms with Crippen LogP contribution in [0.25, 0.3) is 0 Å². The van der Waals surface area contributed by atoms with E-state index < -0.39 is 0 Å². The summed E-state index contributed by atoms with van der Waals surface area (Å²) >= 11 is 9.19. The molecule has 1 N–H and O–H groups in total. The van der Waals surface area contributed by atoms with Crippen molar-refractivity contribution < 1.29 is 4.39 Å². The maximum Gasteiger partial charge on any atom is 0.137 e. The van der Waals surface area contributed by atoms with Crippen LogP contribution in [0.2, 0.25) is 5.02 Å². The van der Waals surface area contributed by atoms with Crippen LogP contribution in [0, 0.1) is 12.7 Å². The number of aryl methyl sites for hydroxylation is 1. The minimum absolute atomic E-state index is 0.253. The molecule has 1 nitrogen and oxygen atoms in total. The highest BCUT2D eigenvalue weighted by atomic mass is 79.9. The van der Waals surface area contributed by atoms with Gasteiger partial charge in [-0.15, -0.1) is 0 Å². The predicted molar refractivity (Wildman–Crippen MR) is 77.6 cm³/mol. The Bertz CT molecular complexity index is 570. The number of rotatable bonds is 3. The van der Waals surface area contributed by atoms with Gasteiger partial charge in [-0.25, -0.2) is 4.39 Å². The van der Waals surface area contributed by atoms with E-state index in [1.807, 2.05) is 31.2 Å². The first-order valence-corrected chi connectivity index (χ1v) is 6.68. The van der Waals surface area contributed by atoms with Gasteiger partial charge in [0.1, 0.15) is 5.82 Å². The van der Waals surface area contributed by atoms with Gasteiger partial charge in [-0.1, -0.05) is 29.8 Å². The molecular formula is C14H12BrClFN. The minimum Gasteiger partial charge on any atom is -0.381 e. The van der Waals surface area contributed by atoms with E-state index in [0.29, 0.717) is 16.0 Å². The molecule has 0 aliphatic carbocycles. The van der Waals surface area contributed by atoms with E-state index in [9.17, 15) is 4.39 Å².